The van der Waals surface area contributed by atoms with Crippen molar-refractivity contribution in [1.29, 1.82) is 0 Å². The van der Waals surface area contributed by atoms with Gasteiger partial charge in [0.2, 0.25) is 11.6 Å². The number of methoxy groups -OCH3 is 1. The molecule has 0 unspecified atom stereocenters. The van der Waals surface area contributed by atoms with E-state index in [1.165, 1.54) is 0 Å². The van der Waals surface area contributed by atoms with Crippen molar-refractivity contribution in [1.82, 2.24) is 25.4 Å². The van der Waals surface area contributed by atoms with Gasteiger partial charge in [-0.3, -0.25) is 4.98 Å². The molecule has 0 saturated carbocycles. The third kappa shape index (κ3) is 2.50. The van der Waals surface area contributed by atoms with Gasteiger partial charge >= 0.3 is 0 Å². The van der Waals surface area contributed by atoms with E-state index in [1.54, 1.807) is 13.3 Å². The zero-order valence-electron chi connectivity index (χ0n) is 12.6. The fraction of sp³-hybridized carbons (Fsp3) is 0.188. The quantitative estimate of drug-likeness (QED) is 0.739. The minimum Gasteiger partial charge on any atom is -0.496 e. The van der Waals surface area contributed by atoms with E-state index in [9.17, 15) is 0 Å². The van der Waals surface area contributed by atoms with Gasteiger partial charge in [0.1, 0.15) is 11.4 Å². The van der Waals surface area contributed by atoms with Gasteiger partial charge in [0.05, 0.1) is 7.11 Å². The van der Waals surface area contributed by atoms with Gasteiger partial charge in [-0.1, -0.05) is 30.3 Å². The molecule has 1 aromatic carbocycles. The lowest BCUT2D eigenvalue weighted by atomic mass is 10.1. The Hall–Kier alpha value is -2.89. The molecule has 6 heteroatoms. The summed E-state index contributed by atoms with van der Waals surface area (Å²) >= 11 is 0. The second-order valence-corrected chi connectivity index (χ2v) is 4.86. The predicted molar refractivity (Wildman–Crippen MR) is 82.3 cm³/mol. The summed E-state index contributed by atoms with van der Waals surface area (Å²) in [5, 5.41) is 16.6. The molecule has 2 heterocycles. The number of benzene rings is 1. The summed E-state index contributed by atoms with van der Waals surface area (Å²) in [6, 6.07) is 9.60. The lowest BCUT2D eigenvalue weighted by Crippen LogP contribution is -2.03. The molecule has 2 aromatic heterocycles. The van der Waals surface area contributed by atoms with Crippen molar-refractivity contribution >= 4 is 0 Å². The first-order chi connectivity index (χ1) is 10.7. The first-order valence-electron chi connectivity index (χ1n) is 6.84. The highest BCUT2D eigenvalue weighted by molar-refractivity contribution is 5.60. The third-order valence-electron chi connectivity index (χ3n) is 3.37. The van der Waals surface area contributed by atoms with Gasteiger partial charge in [-0.15, -0.1) is 20.4 Å². The molecule has 3 aromatic rings. The first kappa shape index (κ1) is 14.1. The van der Waals surface area contributed by atoms with Gasteiger partial charge in [0.15, 0.2) is 0 Å². The molecule has 0 saturated heterocycles. The van der Waals surface area contributed by atoms with Crippen molar-refractivity contribution in [3.63, 3.8) is 0 Å². The van der Waals surface area contributed by atoms with Crippen molar-refractivity contribution < 1.29 is 4.74 Å². The van der Waals surface area contributed by atoms with Gasteiger partial charge in [-0.2, -0.15) is 0 Å². The third-order valence-corrected chi connectivity index (χ3v) is 3.37. The number of pyridine rings is 1. The Bertz CT molecular complexity index is 788. The normalized spacial score (nSPS) is 10.5. The Labute approximate surface area is 128 Å². The van der Waals surface area contributed by atoms with Crippen molar-refractivity contribution in [3.8, 4) is 28.7 Å². The highest BCUT2D eigenvalue weighted by atomic mass is 16.5. The summed E-state index contributed by atoms with van der Waals surface area (Å²) in [5.74, 6) is 1.65. The fourth-order valence-electron chi connectivity index (χ4n) is 2.29. The average molecular weight is 293 g/mol. The lowest BCUT2D eigenvalue weighted by molar-refractivity contribution is 0.408. The molecule has 0 amide bonds. The summed E-state index contributed by atoms with van der Waals surface area (Å²) in [6.45, 7) is 3.86. The van der Waals surface area contributed by atoms with Gasteiger partial charge in [0.25, 0.3) is 0 Å². The van der Waals surface area contributed by atoms with Crippen LogP contribution < -0.4 is 4.74 Å². The number of hydrogen-bond donors (Lipinski definition) is 0. The molecular weight excluding hydrogens is 278 g/mol. The maximum Gasteiger partial charge on any atom is 0.222 e. The number of hydrogen-bond acceptors (Lipinski definition) is 6. The Balaban J connectivity index is 2.01. The molecule has 0 aliphatic carbocycles. The molecular formula is C16H15N5O. The summed E-state index contributed by atoms with van der Waals surface area (Å²) in [4.78, 5) is 4.37. The number of rotatable bonds is 3. The van der Waals surface area contributed by atoms with E-state index < -0.39 is 0 Å². The molecule has 0 aliphatic heterocycles. The van der Waals surface area contributed by atoms with E-state index >= 15 is 0 Å². The van der Waals surface area contributed by atoms with Gasteiger partial charge in [0, 0.05) is 22.9 Å². The van der Waals surface area contributed by atoms with E-state index in [2.05, 4.69) is 25.4 Å². The second kappa shape index (κ2) is 5.85. The number of ether oxygens (including phenoxy) is 1. The van der Waals surface area contributed by atoms with Crippen LogP contribution in [0.15, 0.2) is 36.5 Å². The Kier molecular flexibility index (Phi) is 3.74. The van der Waals surface area contributed by atoms with Gasteiger partial charge in [-0.25, -0.2) is 0 Å². The highest BCUT2D eigenvalue weighted by Crippen LogP contribution is 2.28. The smallest absolute Gasteiger partial charge is 0.222 e. The van der Waals surface area contributed by atoms with Crippen molar-refractivity contribution in [2.24, 2.45) is 0 Å². The van der Waals surface area contributed by atoms with Crippen molar-refractivity contribution in [3.05, 3.63) is 47.7 Å². The fourth-order valence-corrected chi connectivity index (χ4v) is 2.29. The van der Waals surface area contributed by atoms with E-state index in [4.69, 9.17) is 4.74 Å². The largest absolute Gasteiger partial charge is 0.496 e. The molecule has 110 valence electrons. The lowest BCUT2D eigenvalue weighted by Gasteiger charge is -2.10. The van der Waals surface area contributed by atoms with Crippen LogP contribution in [0.3, 0.4) is 0 Å². The highest BCUT2D eigenvalue weighted by Gasteiger charge is 2.14. The first-order valence-corrected chi connectivity index (χ1v) is 6.84. The van der Waals surface area contributed by atoms with Crippen LogP contribution in [0.5, 0.6) is 5.75 Å². The van der Waals surface area contributed by atoms with Gasteiger partial charge < -0.3 is 4.74 Å². The Morgan fingerprint density at radius 2 is 1.50 bits per heavy atom. The number of aryl methyl sites for hydroxylation is 1. The molecule has 22 heavy (non-hydrogen) atoms. The zero-order valence-corrected chi connectivity index (χ0v) is 12.6. The average Bonchev–Trinajstić information content (AvgIpc) is 2.56. The SMILES string of the molecule is COc1c(C)cnc(-c2nnc(-c3ccccc3)nn2)c1C. The summed E-state index contributed by atoms with van der Waals surface area (Å²) in [6.07, 6.45) is 1.73. The van der Waals surface area contributed by atoms with Crippen LogP contribution in [0.1, 0.15) is 11.1 Å². The number of aromatic nitrogens is 5. The van der Waals surface area contributed by atoms with Crippen LogP contribution in [-0.2, 0) is 0 Å². The van der Waals surface area contributed by atoms with Crippen LogP contribution in [0, 0.1) is 13.8 Å². The van der Waals surface area contributed by atoms with E-state index in [-0.39, 0.29) is 0 Å². The number of nitrogens with zero attached hydrogens (tertiary/aromatic N) is 5. The Morgan fingerprint density at radius 1 is 0.864 bits per heavy atom. The molecule has 0 fully saturated rings. The minimum absolute atomic E-state index is 0.385. The molecule has 3 rings (SSSR count). The summed E-state index contributed by atoms with van der Waals surface area (Å²) < 4.78 is 5.39. The van der Waals surface area contributed by atoms with Crippen LogP contribution >= 0.6 is 0 Å². The second-order valence-electron chi connectivity index (χ2n) is 4.86. The molecule has 0 spiro atoms. The topological polar surface area (TPSA) is 73.7 Å². The molecule has 0 aliphatic rings. The van der Waals surface area contributed by atoms with Crippen LogP contribution in [0.2, 0.25) is 0 Å². The molecule has 0 bridgehead atoms. The molecule has 0 N–H and O–H groups in total. The summed E-state index contributed by atoms with van der Waals surface area (Å²) in [5.41, 5.74) is 3.34. The standard InChI is InChI=1S/C16H15N5O/c1-10-9-17-13(11(2)14(10)22-3)16-20-18-15(19-21-16)12-7-5-4-6-8-12/h4-9H,1-3H3. The van der Waals surface area contributed by atoms with E-state index in [0.717, 1.165) is 22.4 Å². The predicted octanol–water partition coefficient (Wildman–Crippen LogP) is 2.62. The monoisotopic (exact) mass is 293 g/mol. The van der Waals surface area contributed by atoms with Crippen LogP contribution in [0.4, 0.5) is 0 Å². The van der Waals surface area contributed by atoms with Crippen LogP contribution in [0.25, 0.3) is 22.9 Å². The molecule has 0 radical (unpaired) electrons. The van der Waals surface area contributed by atoms with Crippen LogP contribution in [-0.4, -0.2) is 32.5 Å². The zero-order chi connectivity index (χ0) is 15.5. The van der Waals surface area contributed by atoms with E-state index in [1.807, 2.05) is 44.2 Å². The van der Waals surface area contributed by atoms with E-state index in [0.29, 0.717) is 17.3 Å². The molecule has 0 atom stereocenters. The van der Waals surface area contributed by atoms with Gasteiger partial charge in [-0.05, 0) is 13.8 Å². The summed E-state index contributed by atoms with van der Waals surface area (Å²) in [7, 11) is 1.63. The van der Waals surface area contributed by atoms with Crippen molar-refractivity contribution in [2.75, 3.05) is 7.11 Å². The minimum atomic E-state index is 0.385. The Morgan fingerprint density at radius 3 is 2.14 bits per heavy atom. The maximum absolute atomic E-state index is 5.39. The maximum atomic E-state index is 5.39. The van der Waals surface area contributed by atoms with Crippen molar-refractivity contribution in [2.45, 2.75) is 13.8 Å². The molecule has 6 nitrogen and oxygen atoms in total.